The zero-order valence-corrected chi connectivity index (χ0v) is 9.47. The summed E-state index contributed by atoms with van der Waals surface area (Å²) in [6, 6.07) is 0. The second-order valence-corrected chi connectivity index (χ2v) is 3.84. The summed E-state index contributed by atoms with van der Waals surface area (Å²) in [6.07, 6.45) is 14.8. The zero-order valence-electron chi connectivity index (χ0n) is 9.47. The van der Waals surface area contributed by atoms with E-state index in [0.717, 1.165) is 0 Å². The molecule has 0 amide bonds. The second kappa shape index (κ2) is 9.57. The Morgan fingerprint density at radius 3 is 2.08 bits per heavy atom. The van der Waals surface area contributed by atoms with Crippen molar-refractivity contribution >= 4 is 0 Å². The Labute approximate surface area is 83.7 Å². The number of hydrogen-bond donors (Lipinski definition) is 0. The summed E-state index contributed by atoms with van der Waals surface area (Å²) >= 11 is 0. The summed E-state index contributed by atoms with van der Waals surface area (Å²) in [4.78, 5) is 0. The molecular weight excluding hydrogens is 156 g/mol. The molecule has 0 aromatic rings. The van der Waals surface area contributed by atoms with Crippen LogP contribution in [0.5, 0.6) is 0 Å². The minimum absolute atomic E-state index is 1.26. The van der Waals surface area contributed by atoms with Crippen molar-refractivity contribution in [1.82, 2.24) is 0 Å². The Morgan fingerprint density at radius 2 is 1.54 bits per heavy atom. The number of unbranched alkanes of at least 4 members (excludes halogenated alkanes) is 5. The lowest BCUT2D eigenvalue weighted by Gasteiger charge is -1.97. The largest absolute Gasteiger partial charge is 0.0917 e. The lowest BCUT2D eigenvalue weighted by Crippen LogP contribution is -1.77. The van der Waals surface area contributed by atoms with Gasteiger partial charge in [0.15, 0.2) is 0 Å². The van der Waals surface area contributed by atoms with Gasteiger partial charge < -0.3 is 0 Å². The van der Waals surface area contributed by atoms with Crippen molar-refractivity contribution in [2.24, 2.45) is 0 Å². The molecule has 76 valence electrons. The Kier molecular flexibility index (Phi) is 9.18. The molecule has 0 bridgehead atoms. The van der Waals surface area contributed by atoms with Crippen molar-refractivity contribution in [2.45, 2.75) is 59.3 Å². The predicted molar refractivity (Wildman–Crippen MR) is 61.9 cm³/mol. The molecule has 0 heteroatoms. The summed E-state index contributed by atoms with van der Waals surface area (Å²) < 4.78 is 0. The fourth-order valence-electron chi connectivity index (χ4n) is 1.32. The highest BCUT2D eigenvalue weighted by atomic mass is 13.9. The van der Waals surface area contributed by atoms with Gasteiger partial charge in [-0.3, -0.25) is 0 Å². The molecule has 0 aromatic carbocycles. The molecule has 0 heterocycles. The van der Waals surface area contributed by atoms with Crippen LogP contribution < -0.4 is 0 Å². The van der Waals surface area contributed by atoms with Crippen molar-refractivity contribution in [3.8, 4) is 0 Å². The summed E-state index contributed by atoms with van der Waals surface area (Å²) in [6.45, 7) is 6.44. The van der Waals surface area contributed by atoms with E-state index >= 15 is 0 Å². The fourth-order valence-corrected chi connectivity index (χ4v) is 1.32. The van der Waals surface area contributed by atoms with Gasteiger partial charge in [-0.15, -0.1) is 0 Å². The first-order valence-electron chi connectivity index (χ1n) is 5.52. The van der Waals surface area contributed by atoms with Gasteiger partial charge in [-0.25, -0.2) is 0 Å². The van der Waals surface area contributed by atoms with Crippen LogP contribution >= 0.6 is 0 Å². The van der Waals surface area contributed by atoms with Crippen molar-refractivity contribution < 1.29 is 0 Å². The first kappa shape index (κ1) is 12.5. The van der Waals surface area contributed by atoms with E-state index < -0.39 is 0 Å². The monoisotopic (exact) mass is 180 g/mol. The Morgan fingerprint density at radius 1 is 0.923 bits per heavy atom. The van der Waals surface area contributed by atoms with Crippen molar-refractivity contribution in [3.05, 3.63) is 23.8 Å². The molecule has 0 aromatic heterocycles. The standard InChI is InChI=1S/C13H24/c1-4-5-6-7-8-9-10-11-12-13(2)3/h4-5,12H,6-11H2,1-3H3. The number of allylic oxidation sites excluding steroid dienone is 4. The van der Waals surface area contributed by atoms with Crippen LogP contribution in [0.2, 0.25) is 0 Å². The molecular formula is C13H24. The van der Waals surface area contributed by atoms with Crippen LogP contribution in [0.15, 0.2) is 23.8 Å². The summed E-state index contributed by atoms with van der Waals surface area (Å²) in [5.41, 5.74) is 1.45. The SMILES string of the molecule is CC=CCCCCCCC=C(C)C. The first-order valence-corrected chi connectivity index (χ1v) is 5.52. The molecule has 0 atom stereocenters. The summed E-state index contributed by atoms with van der Waals surface area (Å²) in [5, 5.41) is 0. The molecule has 0 aliphatic carbocycles. The number of rotatable bonds is 7. The van der Waals surface area contributed by atoms with E-state index in [-0.39, 0.29) is 0 Å². The Hall–Kier alpha value is -0.520. The van der Waals surface area contributed by atoms with E-state index in [9.17, 15) is 0 Å². The third-order valence-electron chi connectivity index (χ3n) is 2.11. The highest BCUT2D eigenvalue weighted by Gasteiger charge is 1.87. The van der Waals surface area contributed by atoms with Crippen LogP contribution in [0.1, 0.15) is 59.3 Å². The molecule has 0 unspecified atom stereocenters. The lowest BCUT2D eigenvalue weighted by atomic mass is 10.1. The predicted octanol–water partition coefficient (Wildman–Crippen LogP) is 4.87. The molecule has 0 saturated heterocycles. The average Bonchev–Trinajstić information content (AvgIpc) is 2.09. The molecule has 13 heavy (non-hydrogen) atoms. The third-order valence-corrected chi connectivity index (χ3v) is 2.11. The zero-order chi connectivity index (χ0) is 9.94. The van der Waals surface area contributed by atoms with Gasteiger partial charge in [0.05, 0.1) is 0 Å². The molecule has 0 rings (SSSR count). The maximum Gasteiger partial charge on any atom is -0.0348 e. The van der Waals surface area contributed by atoms with Gasteiger partial charge in [-0.05, 0) is 46.5 Å². The highest BCUT2D eigenvalue weighted by Crippen LogP contribution is 2.07. The maximum absolute atomic E-state index is 2.34. The van der Waals surface area contributed by atoms with Crippen molar-refractivity contribution in [1.29, 1.82) is 0 Å². The van der Waals surface area contributed by atoms with Crippen LogP contribution in [-0.2, 0) is 0 Å². The Balaban J connectivity index is 3.04. The normalized spacial score (nSPS) is 10.7. The van der Waals surface area contributed by atoms with Crippen LogP contribution in [0.4, 0.5) is 0 Å². The number of hydrogen-bond acceptors (Lipinski definition) is 0. The van der Waals surface area contributed by atoms with Gasteiger partial charge in [0, 0.05) is 0 Å². The maximum atomic E-state index is 2.34. The minimum Gasteiger partial charge on any atom is -0.0917 e. The van der Waals surface area contributed by atoms with E-state index in [1.807, 2.05) is 0 Å². The van der Waals surface area contributed by atoms with E-state index in [1.165, 1.54) is 44.1 Å². The van der Waals surface area contributed by atoms with Crippen LogP contribution in [-0.4, -0.2) is 0 Å². The molecule has 0 nitrogen and oxygen atoms in total. The fraction of sp³-hybridized carbons (Fsp3) is 0.692. The van der Waals surface area contributed by atoms with Gasteiger partial charge in [0.25, 0.3) is 0 Å². The second-order valence-electron chi connectivity index (χ2n) is 3.84. The van der Waals surface area contributed by atoms with Crippen LogP contribution in [0, 0.1) is 0 Å². The Bertz CT molecular complexity index is 147. The molecule has 0 aliphatic heterocycles. The molecule has 0 aliphatic rings. The molecule has 0 fully saturated rings. The molecule has 0 spiro atoms. The summed E-state index contributed by atoms with van der Waals surface area (Å²) in [5.74, 6) is 0. The quantitative estimate of drug-likeness (QED) is 0.387. The lowest BCUT2D eigenvalue weighted by molar-refractivity contribution is 0.651. The smallest absolute Gasteiger partial charge is 0.0348 e. The van der Waals surface area contributed by atoms with Gasteiger partial charge in [0.2, 0.25) is 0 Å². The van der Waals surface area contributed by atoms with Gasteiger partial charge in [-0.2, -0.15) is 0 Å². The summed E-state index contributed by atoms with van der Waals surface area (Å²) in [7, 11) is 0. The average molecular weight is 180 g/mol. The van der Waals surface area contributed by atoms with Crippen LogP contribution in [0.25, 0.3) is 0 Å². The van der Waals surface area contributed by atoms with E-state index in [4.69, 9.17) is 0 Å². The van der Waals surface area contributed by atoms with Gasteiger partial charge >= 0.3 is 0 Å². The van der Waals surface area contributed by atoms with Gasteiger partial charge in [0.1, 0.15) is 0 Å². The van der Waals surface area contributed by atoms with Crippen molar-refractivity contribution in [2.75, 3.05) is 0 Å². The highest BCUT2D eigenvalue weighted by molar-refractivity contribution is 4.92. The minimum atomic E-state index is 1.26. The molecule has 0 N–H and O–H groups in total. The topological polar surface area (TPSA) is 0 Å². The molecule has 0 radical (unpaired) electrons. The van der Waals surface area contributed by atoms with E-state index in [2.05, 4.69) is 39.0 Å². The van der Waals surface area contributed by atoms with E-state index in [1.54, 1.807) is 0 Å². The van der Waals surface area contributed by atoms with Crippen LogP contribution in [0.3, 0.4) is 0 Å². The third kappa shape index (κ3) is 11.5. The van der Waals surface area contributed by atoms with Gasteiger partial charge in [-0.1, -0.05) is 36.6 Å². The van der Waals surface area contributed by atoms with E-state index in [0.29, 0.717) is 0 Å². The van der Waals surface area contributed by atoms with Crippen molar-refractivity contribution in [3.63, 3.8) is 0 Å². The molecule has 0 saturated carbocycles. The first-order chi connectivity index (χ1) is 6.27.